The van der Waals surface area contributed by atoms with Gasteiger partial charge in [-0.15, -0.1) is 0 Å². The highest BCUT2D eigenvalue weighted by atomic mass is 32.2. The van der Waals surface area contributed by atoms with E-state index in [4.69, 9.17) is 4.74 Å². The van der Waals surface area contributed by atoms with Crippen LogP contribution in [-0.4, -0.2) is 51.1 Å². The molecule has 2 aromatic carbocycles. The van der Waals surface area contributed by atoms with Crippen LogP contribution in [0.4, 0.5) is 40.0 Å². The maximum absolute atomic E-state index is 13.3. The molecule has 3 N–H and O–H groups in total. The molecule has 1 fully saturated rings. The molecule has 3 aromatic rings. The number of nitrogens with one attached hydrogen (secondary N) is 2. The van der Waals surface area contributed by atoms with E-state index in [1.54, 1.807) is 26.0 Å². The first-order valence-corrected chi connectivity index (χ1v) is 12.5. The number of thioether (sulfide) groups is 1. The second kappa shape index (κ2) is 11.0. The van der Waals surface area contributed by atoms with Crippen molar-refractivity contribution in [2.75, 3.05) is 22.6 Å². The minimum Gasteiger partial charge on any atom is -0.506 e. The summed E-state index contributed by atoms with van der Waals surface area (Å²) in [7, 11) is 1.44. The number of benzene rings is 2. The fourth-order valence-corrected chi connectivity index (χ4v) is 4.50. The van der Waals surface area contributed by atoms with Gasteiger partial charge in [-0.05, 0) is 79.7 Å². The quantitative estimate of drug-likeness (QED) is 0.185. The molecule has 1 saturated heterocycles. The lowest BCUT2D eigenvalue weighted by molar-refractivity contribution is -0.123. The number of halogens is 3. The van der Waals surface area contributed by atoms with E-state index in [0.717, 1.165) is 4.90 Å². The van der Waals surface area contributed by atoms with Gasteiger partial charge in [0.15, 0.2) is 0 Å². The average molecular weight is 576 g/mol. The first kappa shape index (κ1) is 28.5. The van der Waals surface area contributed by atoms with Gasteiger partial charge in [0.1, 0.15) is 22.9 Å². The summed E-state index contributed by atoms with van der Waals surface area (Å²) in [6, 6.07) is 11.1. The Morgan fingerprint density at radius 3 is 2.40 bits per heavy atom. The zero-order valence-corrected chi connectivity index (χ0v) is 22.3. The van der Waals surface area contributed by atoms with Crippen LogP contribution in [0.5, 0.6) is 11.5 Å². The van der Waals surface area contributed by atoms with Crippen molar-refractivity contribution in [3.8, 4) is 11.5 Å². The number of phenolic OH excluding ortho intramolecular Hbond substituents is 1. The number of rotatable bonds is 7. The molecule has 1 aliphatic heterocycles. The Hall–Kier alpha value is -4.46. The van der Waals surface area contributed by atoms with Crippen molar-refractivity contribution in [3.05, 3.63) is 66.4 Å². The minimum atomic E-state index is -4.46. The van der Waals surface area contributed by atoms with E-state index in [1.807, 2.05) is 0 Å². The summed E-state index contributed by atoms with van der Waals surface area (Å²) in [5.74, 6) is -0.186. The summed E-state index contributed by atoms with van der Waals surface area (Å²) in [5, 5.41) is 15.1. The molecular weight excluding hydrogens is 551 g/mol. The van der Waals surface area contributed by atoms with Crippen LogP contribution < -0.4 is 20.3 Å². The van der Waals surface area contributed by atoms with Crippen LogP contribution in [0.25, 0.3) is 0 Å². The maximum Gasteiger partial charge on any atom is 0.446 e. The van der Waals surface area contributed by atoms with Gasteiger partial charge < -0.3 is 20.1 Å². The van der Waals surface area contributed by atoms with Gasteiger partial charge in [0.05, 0.1) is 18.5 Å². The van der Waals surface area contributed by atoms with Gasteiger partial charge in [0.25, 0.3) is 5.91 Å². The first-order valence-electron chi connectivity index (χ1n) is 11.7. The largest absolute Gasteiger partial charge is 0.506 e. The predicted octanol–water partition coefficient (Wildman–Crippen LogP) is 5.80. The van der Waals surface area contributed by atoms with Crippen molar-refractivity contribution < 1.29 is 37.4 Å². The van der Waals surface area contributed by atoms with Crippen LogP contribution in [-0.2, 0) is 11.3 Å². The van der Waals surface area contributed by atoms with Crippen LogP contribution in [0.1, 0.15) is 19.4 Å². The highest BCUT2D eigenvalue weighted by Gasteiger charge is 2.51. The van der Waals surface area contributed by atoms with E-state index in [1.165, 1.54) is 60.7 Å². The average Bonchev–Trinajstić information content (AvgIpc) is 3.04. The molecule has 2 heterocycles. The number of phenols is 1. The number of nitrogens with zero attached hydrogens (tertiary/aromatic N) is 3. The summed E-state index contributed by atoms with van der Waals surface area (Å²) in [5.41, 5.74) is -4.90. The third kappa shape index (κ3) is 6.22. The summed E-state index contributed by atoms with van der Waals surface area (Å²) >= 11 is -0.293. The summed E-state index contributed by atoms with van der Waals surface area (Å²) in [6.07, 6.45) is 1.42. The second-order valence-electron chi connectivity index (χ2n) is 9.12. The number of hydrogen-bond acceptors (Lipinski definition) is 7. The number of carbonyl (C=O) groups is 3. The Morgan fingerprint density at radius 2 is 1.77 bits per heavy atom. The van der Waals surface area contributed by atoms with E-state index in [0.29, 0.717) is 11.3 Å². The van der Waals surface area contributed by atoms with Crippen LogP contribution in [0.2, 0.25) is 0 Å². The number of carbonyl (C=O) groups excluding carboxylic acids is 3. The number of imide groups is 1. The molecule has 210 valence electrons. The topological polar surface area (TPSA) is 124 Å². The van der Waals surface area contributed by atoms with Gasteiger partial charge >= 0.3 is 17.6 Å². The number of urea groups is 2. The molecule has 0 spiro atoms. The molecule has 0 bridgehead atoms. The highest BCUT2D eigenvalue weighted by molar-refractivity contribution is 8.00. The Bertz CT molecular complexity index is 1450. The van der Waals surface area contributed by atoms with E-state index in [-0.39, 0.29) is 46.1 Å². The van der Waals surface area contributed by atoms with Gasteiger partial charge in [-0.3, -0.25) is 10.1 Å². The minimum absolute atomic E-state index is 0.0197. The number of aromatic nitrogens is 1. The van der Waals surface area contributed by atoms with Crippen molar-refractivity contribution in [3.63, 3.8) is 0 Å². The fraction of sp³-hybridized carbons (Fsp3) is 0.231. The summed E-state index contributed by atoms with van der Waals surface area (Å²) in [6.45, 7) is 3.11. The Labute approximate surface area is 231 Å². The van der Waals surface area contributed by atoms with Crippen molar-refractivity contribution in [2.24, 2.45) is 0 Å². The molecule has 0 atom stereocenters. The van der Waals surface area contributed by atoms with Crippen LogP contribution in [0.3, 0.4) is 0 Å². The van der Waals surface area contributed by atoms with Crippen molar-refractivity contribution in [2.45, 2.75) is 36.3 Å². The molecule has 0 unspecified atom stereocenters. The number of alkyl halides is 3. The normalized spacial score (nSPS) is 14.8. The van der Waals surface area contributed by atoms with E-state index in [9.17, 15) is 32.7 Å². The Kier molecular flexibility index (Phi) is 7.82. The zero-order valence-electron chi connectivity index (χ0n) is 21.4. The molecule has 1 aliphatic rings. The van der Waals surface area contributed by atoms with Crippen molar-refractivity contribution in [1.29, 1.82) is 0 Å². The number of amides is 5. The molecule has 0 saturated carbocycles. The third-order valence-corrected chi connectivity index (χ3v) is 6.75. The predicted molar refractivity (Wildman–Crippen MR) is 142 cm³/mol. The van der Waals surface area contributed by atoms with Gasteiger partial charge in [0.2, 0.25) is 0 Å². The monoisotopic (exact) mass is 575 g/mol. The molecule has 10 nitrogen and oxygen atoms in total. The number of hydrogen-bond donors (Lipinski definition) is 3. The van der Waals surface area contributed by atoms with Gasteiger partial charge in [0, 0.05) is 23.7 Å². The highest BCUT2D eigenvalue weighted by Crippen LogP contribution is 2.39. The number of aromatic hydroxyl groups is 1. The standard InChI is InChI=1S/C26H24F3N5O5S/c1-25(2)22(36)34(16-4-7-18(8-5-16)40-26(27,28)29)24(38)33(25)14-15-10-11-30-21(12-15)32-23(37)31-19-9-6-17(39-3)13-20(19)35/h4-13,35H,14H2,1-3H3,(H2,30,31,32,37). The van der Waals surface area contributed by atoms with Crippen molar-refractivity contribution >= 4 is 46.9 Å². The molecule has 5 amide bonds. The Balaban J connectivity index is 1.47. The molecule has 4 rings (SSSR count). The van der Waals surface area contributed by atoms with Crippen LogP contribution >= 0.6 is 11.8 Å². The fourth-order valence-electron chi connectivity index (χ4n) is 3.96. The number of anilines is 3. The smallest absolute Gasteiger partial charge is 0.446 e. The molecule has 1 aromatic heterocycles. The van der Waals surface area contributed by atoms with E-state index < -0.39 is 29.0 Å². The summed E-state index contributed by atoms with van der Waals surface area (Å²) in [4.78, 5) is 45.2. The van der Waals surface area contributed by atoms with Gasteiger partial charge in [-0.1, -0.05) is 0 Å². The van der Waals surface area contributed by atoms with E-state index >= 15 is 0 Å². The molecular formula is C26H24F3N5O5S. The second-order valence-corrected chi connectivity index (χ2v) is 10.3. The lowest BCUT2D eigenvalue weighted by atomic mass is 10.0. The van der Waals surface area contributed by atoms with Crippen LogP contribution in [0.15, 0.2) is 65.7 Å². The van der Waals surface area contributed by atoms with Gasteiger partial charge in [-0.2, -0.15) is 13.2 Å². The lowest BCUT2D eigenvalue weighted by Gasteiger charge is -2.27. The Morgan fingerprint density at radius 1 is 1.07 bits per heavy atom. The third-order valence-electron chi connectivity index (χ3n) is 6.01. The zero-order chi connectivity index (χ0) is 29.2. The number of ether oxygens (including phenoxy) is 1. The molecule has 14 heteroatoms. The SMILES string of the molecule is COc1ccc(NC(=O)Nc2cc(CN3C(=O)N(c4ccc(SC(F)(F)F)cc4)C(=O)C3(C)C)ccn2)c(O)c1. The lowest BCUT2D eigenvalue weighted by Crippen LogP contribution is -2.43. The maximum atomic E-state index is 13.3. The molecule has 0 aliphatic carbocycles. The van der Waals surface area contributed by atoms with Crippen LogP contribution in [0, 0.1) is 0 Å². The number of methoxy groups -OCH3 is 1. The summed E-state index contributed by atoms with van der Waals surface area (Å²) < 4.78 is 43.0. The van der Waals surface area contributed by atoms with Crippen molar-refractivity contribution in [1.82, 2.24) is 9.88 Å². The van der Waals surface area contributed by atoms with E-state index in [2.05, 4.69) is 15.6 Å². The molecule has 40 heavy (non-hydrogen) atoms. The number of pyridine rings is 1. The molecule has 0 radical (unpaired) electrons. The first-order chi connectivity index (χ1) is 18.8. The van der Waals surface area contributed by atoms with Gasteiger partial charge in [-0.25, -0.2) is 19.5 Å².